The third kappa shape index (κ3) is 11.3. The second-order valence-electron chi connectivity index (χ2n) is 11.6. The summed E-state index contributed by atoms with van der Waals surface area (Å²) in [4.78, 5) is 96.2. The van der Waals surface area contributed by atoms with Crippen LogP contribution in [0, 0.1) is 6.92 Å². The number of hydrogen-bond acceptors (Lipinski definition) is 19. The van der Waals surface area contributed by atoms with E-state index in [4.69, 9.17) is 23.8 Å². The van der Waals surface area contributed by atoms with Gasteiger partial charge >= 0.3 is 35.1 Å². The van der Waals surface area contributed by atoms with Crippen LogP contribution in [0.15, 0.2) is 33.0 Å². The fraction of sp³-hybridized carbons (Fsp3) is 0.520. The number of H-pyrrole nitrogens is 1. The first kappa shape index (κ1) is 44.1. The summed E-state index contributed by atoms with van der Waals surface area (Å²) in [5.41, 5.74) is -2.41. The molecule has 55 heavy (non-hydrogen) atoms. The van der Waals surface area contributed by atoms with Crippen LogP contribution < -0.4 is 16.6 Å². The molecule has 27 nitrogen and oxygen atoms in total. The molecule has 11 N–H and O–H groups in total. The predicted octanol–water partition coefficient (Wildman–Crippen LogP) is -3.41. The van der Waals surface area contributed by atoms with Crippen molar-refractivity contribution in [3.63, 3.8) is 0 Å². The van der Waals surface area contributed by atoms with Gasteiger partial charge in [0.15, 0.2) is 18.6 Å². The lowest BCUT2D eigenvalue weighted by Gasteiger charge is -2.41. The van der Waals surface area contributed by atoms with Crippen LogP contribution in [0.2, 0.25) is 0 Å². The lowest BCUT2D eigenvalue weighted by Crippen LogP contribution is -2.64. The summed E-state index contributed by atoms with van der Waals surface area (Å²) in [5, 5.41) is 54.1. The molecule has 2 aliphatic heterocycles. The third-order valence-electron chi connectivity index (χ3n) is 7.65. The SMILES string of the molecule is CC(=O)N[C@H]1[C@@H](OP(=O)(O)OP(=O)(O)OC[C@H]2O[C@@H](n3ccc(=O)[nH]c3=O)[C@H](O)[C@@H]2O)O[C@H](C(=O)O)[C@@H](O)[C@@H]1N=Cc1c(COP(=O)(O)O)cnc(C)c1O. The maximum absolute atomic E-state index is 13.0. The van der Waals surface area contributed by atoms with Crippen LogP contribution in [0.3, 0.4) is 0 Å². The van der Waals surface area contributed by atoms with Crippen LogP contribution in [0.5, 0.6) is 5.75 Å². The summed E-state index contributed by atoms with van der Waals surface area (Å²) in [6.07, 6.45) is -11.4. The summed E-state index contributed by atoms with van der Waals surface area (Å²) in [5.74, 6) is -3.48. The van der Waals surface area contributed by atoms with Crippen molar-refractivity contribution in [2.45, 2.75) is 75.6 Å². The van der Waals surface area contributed by atoms with E-state index in [1.165, 1.54) is 6.92 Å². The van der Waals surface area contributed by atoms with E-state index in [1.54, 1.807) is 0 Å². The number of carboxylic acid groups (broad SMARTS) is 1. The molecule has 2 fully saturated rings. The van der Waals surface area contributed by atoms with Crippen LogP contribution >= 0.6 is 23.5 Å². The average molecular weight is 849 g/mol. The minimum atomic E-state index is -5.96. The van der Waals surface area contributed by atoms with Gasteiger partial charge in [-0.05, 0) is 6.92 Å². The summed E-state index contributed by atoms with van der Waals surface area (Å²) < 4.78 is 66.2. The number of nitrogens with one attached hydrogen (secondary N) is 2. The Morgan fingerprint density at radius 3 is 2.33 bits per heavy atom. The van der Waals surface area contributed by atoms with Gasteiger partial charge in [0.25, 0.3) is 5.56 Å². The van der Waals surface area contributed by atoms with Gasteiger partial charge in [-0.2, -0.15) is 4.31 Å². The first-order chi connectivity index (χ1) is 25.4. The molecule has 2 aromatic rings. The smallest absolute Gasteiger partial charge is 0.483 e. The number of hydrogen-bond donors (Lipinski definition) is 11. The Morgan fingerprint density at radius 1 is 1.05 bits per heavy atom. The monoisotopic (exact) mass is 849 g/mol. The summed E-state index contributed by atoms with van der Waals surface area (Å²) in [6, 6.07) is -2.96. The molecular weight excluding hydrogens is 815 g/mol. The highest BCUT2D eigenvalue weighted by Gasteiger charge is 2.52. The highest BCUT2D eigenvalue weighted by Crippen LogP contribution is 2.61. The number of phosphoric acid groups is 3. The van der Waals surface area contributed by atoms with Gasteiger partial charge < -0.3 is 59.9 Å². The minimum absolute atomic E-state index is 0.0415. The number of carbonyl (C=O) groups is 2. The lowest BCUT2D eigenvalue weighted by molar-refractivity contribution is -0.220. The fourth-order valence-corrected chi connectivity index (χ4v) is 7.62. The van der Waals surface area contributed by atoms with E-state index in [9.17, 15) is 68.2 Å². The van der Waals surface area contributed by atoms with Crippen molar-refractivity contribution in [2.24, 2.45) is 4.99 Å². The second-order valence-corrected chi connectivity index (χ2v) is 15.9. The number of aliphatic imine (C=N–C) groups is 1. The molecule has 0 spiro atoms. The van der Waals surface area contributed by atoms with E-state index < -0.39 is 121 Å². The Bertz CT molecular complexity index is 2050. The molecule has 0 aliphatic carbocycles. The average Bonchev–Trinajstić information content (AvgIpc) is 3.33. The lowest BCUT2D eigenvalue weighted by atomic mass is 9.94. The normalized spacial score (nSPS) is 29.4. The number of aromatic hydroxyl groups is 1. The van der Waals surface area contributed by atoms with Crippen molar-refractivity contribution in [1.29, 1.82) is 0 Å². The number of ether oxygens (including phenoxy) is 2. The van der Waals surface area contributed by atoms with Crippen molar-refractivity contribution in [3.8, 4) is 5.75 Å². The number of aryl methyl sites for hydroxylation is 1. The third-order valence-corrected chi connectivity index (χ3v) is 10.7. The van der Waals surface area contributed by atoms with Crippen molar-refractivity contribution in [2.75, 3.05) is 6.61 Å². The molecule has 2 unspecified atom stereocenters. The van der Waals surface area contributed by atoms with Crippen LogP contribution in [-0.2, 0) is 57.2 Å². The number of carboxylic acids is 1. The molecule has 1 amide bonds. The van der Waals surface area contributed by atoms with E-state index in [1.807, 2.05) is 4.98 Å². The quantitative estimate of drug-likeness (QED) is 0.0614. The van der Waals surface area contributed by atoms with E-state index in [2.05, 4.69) is 28.7 Å². The molecule has 11 atom stereocenters. The largest absolute Gasteiger partial charge is 0.505 e. The van der Waals surface area contributed by atoms with Gasteiger partial charge in [-0.1, -0.05) is 0 Å². The number of amides is 1. The van der Waals surface area contributed by atoms with Crippen molar-refractivity contribution in [1.82, 2.24) is 19.9 Å². The molecule has 4 rings (SSSR count). The zero-order valence-electron chi connectivity index (χ0n) is 27.9. The molecule has 0 aromatic carbocycles. The van der Waals surface area contributed by atoms with E-state index in [0.29, 0.717) is 4.57 Å². The first-order valence-corrected chi connectivity index (χ1v) is 19.7. The molecule has 2 aromatic heterocycles. The number of nitrogens with zero attached hydrogens (tertiary/aromatic N) is 3. The fourth-order valence-electron chi connectivity index (χ4n) is 5.15. The molecule has 0 bridgehead atoms. The topological polar surface area (TPSA) is 415 Å². The highest BCUT2D eigenvalue weighted by molar-refractivity contribution is 7.61. The number of pyridine rings is 1. The van der Waals surface area contributed by atoms with Crippen molar-refractivity contribution < 1.29 is 95.7 Å². The molecule has 30 heteroatoms. The second kappa shape index (κ2) is 17.3. The van der Waals surface area contributed by atoms with Gasteiger partial charge in [0.1, 0.15) is 42.2 Å². The number of aliphatic carboxylic acids is 1. The number of aromatic nitrogens is 3. The molecule has 4 heterocycles. The molecule has 306 valence electrons. The van der Waals surface area contributed by atoms with E-state index >= 15 is 0 Å². The minimum Gasteiger partial charge on any atom is -0.505 e. The maximum atomic E-state index is 13.0. The van der Waals surface area contributed by atoms with Crippen LogP contribution in [0.25, 0.3) is 0 Å². The van der Waals surface area contributed by atoms with Gasteiger partial charge in [0, 0.05) is 42.7 Å². The van der Waals surface area contributed by atoms with Crippen molar-refractivity contribution in [3.05, 3.63) is 56.1 Å². The number of rotatable bonds is 15. The highest BCUT2D eigenvalue weighted by atomic mass is 31.3. The van der Waals surface area contributed by atoms with Crippen molar-refractivity contribution >= 4 is 41.6 Å². The Labute approximate surface area is 306 Å². The molecule has 0 saturated carbocycles. The van der Waals surface area contributed by atoms with Gasteiger partial charge in [0.2, 0.25) is 5.91 Å². The Kier molecular flexibility index (Phi) is 13.9. The van der Waals surface area contributed by atoms with E-state index in [-0.39, 0.29) is 16.8 Å². The Hall–Kier alpha value is -3.59. The zero-order valence-corrected chi connectivity index (χ0v) is 30.6. The van der Waals surface area contributed by atoms with Gasteiger partial charge in [0.05, 0.1) is 18.9 Å². The van der Waals surface area contributed by atoms with Crippen LogP contribution in [-0.4, -0.2) is 133 Å². The van der Waals surface area contributed by atoms with Crippen LogP contribution in [0.1, 0.15) is 30.0 Å². The predicted molar refractivity (Wildman–Crippen MR) is 174 cm³/mol. The number of phosphoric ester groups is 3. The standard InChI is InChI=1S/C25H34N5O22P3/c1-9-17(33)12(11(5-26-9)7-47-53(40,41)42)6-27-15-16(28-10(2)31)24(50-21(19(15)35)23(37)38)51-55(45,46)52-54(43,44)48-8-13-18(34)20(36)22(49-13)30-4-3-14(32)29-25(30)39/h3-6,13,15-16,18-22,24,33-36H,7-8H2,1-2H3,(H,28,31)(H,37,38)(H,43,44)(H,45,46)(H,29,32,39)(H2,40,41,42)/t13-,15-,16-,18-,19+,20-,21+,22-,24-/m1/s1. The number of carbonyl (C=O) groups excluding carboxylic acids is 1. The number of aliphatic hydroxyl groups is 3. The first-order valence-electron chi connectivity index (χ1n) is 15.2. The maximum Gasteiger partial charge on any atom is 0.483 e. The Balaban J connectivity index is 1.56. The van der Waals surface area contributed by atoms with Gasteiger partial charge in [-0.3, -0.25) is 42.7 Å². The Morgan fingerprint density at radius 2 is 1.73 bits per heavy atom. The molecular formula is C25H34N5O22P3. The molecule has 2 aliphatic rings. The van der Waals surface area contributed by atoms with Gasteiger partial charge in [-0.25, -0.2) is 23.3 Å². The summed E-state index contributed by atoms with van der Waals surface area (Å²) in [6.45, 7) is 0.221. The number of aromatic amines is 1. The van der Waals surface area contributed by atoms with E-state index in [0.717, 1.165) is 31.6 Å². The number of aliphatic hydroxyl groups excluding tert-OH is 3. The van der Waals surface area contributed by atoms with Gasteiger partial charge in [-0.15, -0.1) is 0 Å². The van der Waals surface area contributed by atoms with Crippen LogP contribution in [0.4, 0.5) is 0 Å². The summed E-state index contributed by atoms with van der Waals surface area (Å²) in [7, 11) is -16.8. The molecule has 2 saturated heterocycles. The molecule has 0 radical (unpaired) electrons. The summed E-state index contributed by atoms with van der Waals surface area (Å²) >= 11 is 0. The zero-order chi connectivity index (χ0) is 41.2.